The van der Waals surface area contributed by atoms with Gasteiger partial charge in [-0.3, -0.25) is 4.79 Å². The van der Waals surface area contributed by atoms with Crippen LogP contribution in [0.5, 0.6) is 5.75 Å². The number of rotatable bonds is 6. The Balaban J connectivity index is 1.76. The normalized spacial score (nSPS) is 11.8. The van der Waals surface area contributed by atoms with Crippen LogP contribution in [0.15, 0.2) is 57.5 Å². The Morgan fingerprint density at radius 1 is 1.10 bits per heavy atom. The van der Waals surface area contributed by atoms with E-state index >= 15 is 0 Å². The summed E-state index contributed by atoms with van der Waals surface area (Å²) in [4.78, 5) is 12.9. The van der Waals surface area contributed by atoms with Crippen molar-refractivity contribution >= 4 is 18.0 Å². The third-order valence-corrected chi connectivity index (χ3v) is 5.42. The molecule has 0 fully saturated rings. The monoisotopic (exact) mass is 436 g/mol. The summed E-state index contributed by atoms with van der Waals surface area (Å²) < 4.78 is 7.23. The lowest BCUT2D eigenvalue weighted by atomic mass is 9.93. The van der Waals surface area contributed by atoms with Crippen LogP contribution in [-0.2, 0) is 12.0 Å². The van der Waals surface area contributed by atoms with Gasteiger partial charge < -0.3 is 4.74 Å². The summed E-state index contributed by atoms with van der Waals surface area (Å²) in [6.45, 7) is 10.5. The molecule has 0 bridgehead atoms. The summed E-state index contributed by atoms with van der Waals surface area (Å²) in [5.41, 5.74) is 4.21. The van der Waals surface area contributed by atoms with E-state index in [1.54, 1.807) is 6.21 Å². The van der Waals surface area contributed by atoms with Crippen LogP contribution >= 0.6 is 11.8 Å². The molecule has 2 aromatic carbocycles. The van der Waals surface area contributed by atoms with Crippen molar-refractivity contribution < 1.29 is 4.74 Å². The molecule has 3 rings (SSSR count). The lowest BCUT2D eigenvalue weighted by molar-refractivity contribution is 0.305. The van der Waals surface area contributed by atoms with Crippen molar-refractivity contribution in [2.24, 2.45) is 5.10 Å². The predicted octanol–water partition coefficient (Wildman–Crippen LogP) is 4.74. The number of ether oxygens (including phenoxy) is 1. The van der Waals surface area contributed by atoms with Crippen molar-refractivity contribution in [1.82, 2.24) is 14.9 Å². The maximum atomic E-state index is 12.9. The van der Waals surface area contributed by atoms with Crippen molar-refractivity contribution in [2.45, 2.75) is 51.8 Å². The first-order valence-electron chi connectivity index (χ1n) is 10.1. The molecule has 0 radical (unpaired) electrons. The Bertz CT molecular complexity index is 1150. The summed E-state index contributed by atoms with van der Waals surface area (Å²) in [6, 6.07) is 14.0. The zero-order chi connectivity index (χ0) is 22.6. The van der Waals surface area contributed by atoms with E-state index in [0.29, 0.717) is 17.5 Å². The number of hydrogen-bond donors (Lipinski definition) is 0. The molecular weight excluding hydrogens is 408 g/mol. The second-order valence-electron chi connectivity index (χ2n) is 8.43. The van der Waals surface area contributed by atoms with Gasteiger partial charge in [0, 0.05) is 5.41 Å². The van der Waals surface area contributed by atoms with Gasteiger partial charge in [-0.25, -0.2) is 0 Å². The molecule has 0 unspecified atom stereocenters. The topological polar surface area (TPSA) is 69.4 Å². The summed E-state index contributed by atoms with van der Waals surface area (Å²) in [5.74, 6) is 0.777. The Morgan fingerprint density at radius 3 is 2.42 bits per heavy atom. The molecule has 1 aromatic heterocycles. The quantitative estimate of drug-likeness (QED) is 0.412. The van der Waals surface area contributed by atoms with Crippen LogP contribution in [0.4, 0.5) is 0 Å². The summed E-state index contributed by atoms with van der Waals surface area (Å²) in [6.07, 6.45) is 3.48. The number of hydrogen-bond acceptors (Lipinski definition) is 6. The first-order valence-corrected chi connectivity index (χ1v) is 11.3. The van der Waals surface area contributed by atoms with Gasteiger partial charge in [-0.1, -0.05) is 56.3 Å². The van der Waals surface area contributed by atoms with E-state index in [1.165, 1.54) is 33.1 Å². The number of thioether (sulfide) groups is 1. The number of nitrogens with zero attached hydrogens (tertiary/aromatic N) is 4. The molecule has 1 heterocycles. The molecule has 0 aliphatic rings. The minimum atomic E-state index is -0.410. The fourth-order valence-electron chi connectivity index (χ4n) is 3.01. The van der Waals surface area contributed by atoms with Gasteiger partial charge in [0.25, 0.3) is 5.56 Å². The smallest absolute Gasteiger partial charge is 0.297 e. The zero-order valence-corrected chi connectivity index (χ0v) is 19.7. The number of aryl methyl sites for hydroxylation is 2. The van der Waals surface area contributed by atoms with Gasteiger partial charge in [0.2, 0.25) is 5.16 Å². The fourth-order valence-corrected chi connectivity index (χ4v) is 3.43. The fraction of sp³-hybridized carbons (Fsp3) is 0.333. The van der Waals surface area contributed by atoms with Crippen molar-refractivity contribution in [3.05, 3.63) is 80.8 Å². The van der Waals surface area contributed by atoms with E-state index in [9.17, 15) is 4.79 Å². The third-order valence-electron chi connectivity index (χ3n) is 4.80. The highest BCUT2D eigenvalue weighted by Gasteiger charge is 2.23. The average molecular weight is 437 g/mol. The second kappa shape index (κ2) is 9.47. The summed E-state index contributed by atoms with van der Waals surface area (Å²) in [7, 11) is 0. The molecule has 162 valence electrons. The van der Waals surface area contributed by atoms with Crippen LogP contribution in [0.2, 0.25) is 0 Å². The van der Waals surface area contributed by atoms with Gasteiger partial charge >= 0.3 is 0 Å². The Kier molecular flexibility index (Phi) is 6.95. The van der Waals surface area contributed by atoms with Crippen molar-refractivity contribution in [3.63, 3.8) is 0 Å². The lowest BCUT2D eigenvalue weighted by Gasteiger charge is -2.16. The minimum absolute atomic E-state index is 0.253. The van der Waals surface area contributed by atoms with E-state index < -0.39 is 5.41 Å². The van der Waals surface area contributed by atoms with Gasteiger partial charge in [0.1, 0.15) is 18.1 Å². The largest absolute Gasteiger partial charge is 0.489 e. The molecule has 0 saturated heterocycles. The number of aromatic nitrogens is 3. The van der Waals surface area contributed by atoms with E-state index in [1.807, 2.05) is 51.3 Å². The summed E-state index contributed by atoms with van der Waals surface area (Å²) in [5, 5.41) is 13.1. The van der Waals surface area contributed by atoms with Crippen LogP contribution in [0.25, 0.3) is 0 Å². The molecule has 0 N–H and O–H groups in total. The minimum Gasteiger partial charge on any atom is -0.489 e. The van der Waals surface area contributed by atoms with E-state index in [2.05, 4.69) is 47.3 Å². The van der Waals surface area contributed by atoms with Gasteiger partial charge in [0.05, 0.1) is 6.21 Å². The maximum absolute atomic E-state index is 12.9. The van der Waals surface area contributed by atoms with Crippen LogP contribution in [-0.4, -0.2) is 27.3 Å². The van der Waals surface area contributed by atoms with Gasteiger partial charge in [-0.05, 0) is 61.1 Å². The van der Waals surface area contributed by atoms with Crippen LogP contribution in [0.3, 0.4) is 0 Å². The molecule has 0 atom stereocenters. The molecule has 3 aromatic rings. The average Bonchev–Trinajstić information content (AvgIpc) is 2.72. The Hall–Kier alpha value is -2.93. The Labute approximate surface area is 187 Å². The Morgan fingerprint density at radius 2 is 1.81 bits per heavy atom. The van der Waals surface area contributed by atoms with Crippen molar-refractivity contribution in [2.75, 3.05) is 6.26 Å². The molecule has 0 amide bonds. The highest BCUT2D eigenvalue weighted by molar-refractivity contribution is 7.98. The molecule has 31 heavy (non-hydrogen) atoms. The summed E-state index contributed by atoms with van der Waals surface area (Å²) >= 11 is 1.33. The second-order valence-corrected chi connectivity index (χ2v) is 9.21. The SMILES string of the molecule is CSc1nnc(C(C)(C)C)c(=O)n1/N=C/c1ccc(OCc2ccc(C)cc2C)cc1. The molecule has 0 spiro atoms. The highest BCUT2D eigenvalue weighted by atomic mass is 32.2. The molecule has 6 nitrogen and oxygen atoms in total. The van der Waals surface area contributed by atoms with Crippen LogP contribution in [0, 0.1) is 13.8 Å². The lowest BCUT2D eigenvalue weighted by Crippen LogP contribution is -2.32. The van der Waals surface area contributed by atoms with Crippen LogP contribution in [0.1, 0.15) is 48.7 Å². The van der Waals surface area contributed by atoms with Crippen molar-refractivity contribution in [3.8, 4) is 5.75 Å². The maximum Gasteiger partial charge on any atom is 0.297 e. The molecule has 0 aliphatic heterocycles. The first kappa shape index (κ1) is 22.7. The molecule has 0 saturated carbocycles. The van der Waals surface area contributed by atoms with E-state index in [0.717, 1.165) is 11.3 Å². The van der Waals surface area contributed by atoms with Gasteiger partial charge in [0.15, 0.2) is 0 Å². The number of benzene rings is 2. The van der Waals surface area contributed by atoms with Crippen LogP contribution < -0.4 is 10.3 Å². The van der Waals surface area contributed by atoms with E-state index in [-0.39, 0.29) is 5.56 Å². The third kappa shape index (κ3) is 5.61. The van der Waals surface area contributed by atoms with Crippen molar-refractivity contribution in [1.29, 1.82) is 0 Å². The van der Waals surface area contributed by atoms with E-state index in [4.69, 9.17) is 4.74 Å². The standard InChI is InChI=1S/C24H28N4O2S/c1-16-7-10-19(17(2)13-16)15-30-20-11-8-18(9-12-20)14-25-28-22(29)21(24(3,4)5)26-27-23(28)31-6/h7-14H,15H2,1-6H3/b25-14+. The highest BCUT2D eigenvalue weighted by Crippen LogP contribution is 2.18. The van der Waals surface area contributed by atoms with Gasteiger partial charge in [-0.2, -0.15) is 9.78 Å². The molecular formula is C24H28N4O2S. The predicted molar refractivity (Wildman–Crippen MR) is 126 cm³/mol. The molecule has 7 heteroatoms. The first-order chi connectivity index (χ1) is 14.7. The zero-order valence-electron chi connectivity index (χ0n) is 18.8. The molecule has 0 aliphatic carbocycles. The van der Waals surface area contributed by atoms with Gasteiger partial charge in [-0.15, -0.1) is 10.2 Å².